The Hall–Kier alpha value is -2.68. The van der Waals surface area contributed by atoms with Gasteiger partial charge < -0.3 is 23.4 Å². The first-order valence-electron chi connectivity index (χ1n) is 16.7. The molecular weight excluding hydrogens is 564 g/mol. The van der Waals surface area contributed by atoms with E-state index in [1.165, 1.54) is 20.1 Å². The second kappa shape index (κ2) is 11.9. The Kier molecular flexibility index (Phi) is 8.48. The summed E-state index contributed by atoms with van der Waals surface area (Å²) in [6, 6.07) is 3.28. The van der Waals surface area contributed by atoms with Crippen molar-refractivity contribution in [1.29, 1.82) is 0 Å². The number of carbonyl (C=O) groups excluding carboxylic acids is 3. The first-order valence-corrected chi connectivity index (χ1v) is 16.7. The average Bonchev–Trinajstić information content (AvgIpc) is 3.69. The van der Waals surface area contributed by atoms with Crippen molar-refractivity contribution >= 4 is 17.9 Å². The predicted octanol–water partition coefficient (Wildman–Crippen LogP) is 5.86. The molecule has 9 heteroatoms. The minimum atomic E-state index is -0.405. The lowest BCUT2D eigenvalue weighted by Gasteiger charge is -2.61. The van der Waals surface area contributed by atoms with Crippen LogP contribution >= 0.6 is 0 Å². The molecule has 44 heavy (non-hydrogen) atoms. The Morgan fingerprint density at radius 3 is 2.34 bits per heavy atom. The maximum Gasteiger partial charge on any atom is 0.335 e. The lowest BCUT2D eigenvalue weighted by molar-refractivity contribution is -0.168. The van der Waals surface area contributed by atoms with Crippen molar-refractivity contribution in [2.24, 2.45) is 28.6 Å². The van der Waals surface area contributed by atoms with E-state index in [1.807, 2.05) is 6.07 Å². The van der Waals surface area contributed by atoms with Crippen molar-refractivity contribution < 1.29 is 37.7 Å². The van der Waals surface area contributed by atoms with E-state index in [1.54, 1.807) is 6.26 Å². The number of hydrogen-bond donors (Lipinski definition) is 0. The van der Waals surface area contributed by atoms with E-state index in [0.717, 1.165) is 76.2 Å². The minimum Gasteiger partial charge on any atom is -0.469 e. The molecule has 4 saturated carbocycles. The molecule has 1 aromatic heterocycles. The number of epoxide rings is 1. The molecule has 0 bridgehead atoms. The number of methoxy groups -OCH3 is 1. The van der Waals surface area contributed by atoms with E-state index in [-0.39, 0.29) is 58.1 Å². The van der Waals surface area contributed by atoms with Crippen LogP contribution in [0.2, 0.25) is 0 Å². The third kappa shape index (κ3) is 5.21. The summed E-state index contributed by atoms with van der Waals surface area (Å²) in [7, 11) is 1.40. The highest BCUT2D eigenvalue weighted by Gasteiger charge is 2.84. The fourth-order valence-electron chi connectivity index (χ4n) is 10.4. The van der Waals surface area contributed by atoms with E-state index in [0.29, 0.717) is 30.6 Å². The molecule has 1 saturated heterocycles. The zero-order valence-electron chi connectivity index (χ0n) is 26.6. The van der Waals surface area contributed by atoms with Gasteiger partial charge in [0.25, 0.3) is 0 Å². The zero-order valence-corrected chi connectivity index (χ0v) is 26.6. The minimum absolute atomic E-state index is 0.0228. The van der Waals surface area contributed by atoms with Crippen LogP contribution < -0.4 is 5.63 Å². The second-order valence-corrected chi connectivity index (χ2v) is 14.6. The Morgan fingerprint density at radius 1 is 0.909 bits per heavy atom. The Balaban J connectivity index is 1.10. The second-order valence-electron chi connectivity index (χ2n) is 14.6. The highest BCUT2D eigenvalue weighted by Crippen LogP contribution is 2.78. The normalized spacial score (nSPS) is 40.0. The topological polar surface area (TPSA) is 122 Å². The molecule has 0 aromatic carbocycles. The van der Waals surface area contributed by atoms with Crippen molar-refractivity contribution in [2.45, 2.75) is 134 Å². The highest BCUT2D eigenvalue weighted by atomic mass is 16.7. The van der Waals surface area contributed by atoms with Crippen LogP contribution in [0.3, 0.4) is 0 Å². The Morgan fingerprint density at radius 2 is 1.66 bits per heavy atom. The molecular formula is C35H48O9. The summed E-state index contributed by atoms with van der Waals surface area (Å²) in [4.78, 5) is 47.9. The number of ether oxygens (including phenoxy) is 4. The van der Waals surface area contributed by atoms with E-state index in [4.69, 9.17) is 18.6 Å². The van der Waals surface area contributed by atoms with E-state index < -0.39 is 6.10 Å². The zero-order chi connectivity index (χ0) is 31.3. The van der Waals surface area contributed by atoms with Gasteiger partial charge in [0.05, 0.1) is 13.4 Å². The van der Waals surface area contributed by atoms with Gasteiger partial charge in [0.1, 0.15) is 23.9 Å². The largest absolute Gasteiger partial charge is 0.469 e. The molecule has 10 atom stereocenters. The van der Waals surface area contributed by atoms with Crippen LogP contribution in [0.25, 0.3) is 0 Å². The van der Waals surface area contributed by atoms with E-state index in [9.17, 15) is 19.2 Å². The molecule has 242 valence electrons. The van der Waals surface area contributed by atoms with Crippen LogP contribution in [-0.2, 0) is 33.3 Å². The summed E-state index contributed by atoms with van der Waals surface area (Å²) in [6.07, 6.45) is 12.2. The highest BCUT2D eigenvalue weighted by molar-refractivity contribution is 5.69. The molecule has 4 aliphatic carbocycles. The Bertz CT molecular complexity index is 1300. The molecule has 9 nitrogen and oxygen atoms in total. The third-order valence-corrected chi connectivity index (χ3v) is 12.5. The van der Waals surface area contributed by atoms with Gasteiger partial charge in [-0.15, -0.1) is 0 Å². The summed E-state index contributed by atoms with van der Waals surface area (Å²) in [5.41, 5.74) is 0.0576. The van der Waals surface area contributed by atoms with E-state index >= 15 is 0 Å². The van der Waals surface area contributed by atoms with Crippen LogP contribution in [-0.4, -0.2) is 48.9 Å². The number of carbonyl (C=O) groups is 3. The quantitative estimate of drug-likeness (QED) is 0.138. The van der Waals surface area contributed by atoms with Crippen molar-refractivity contribution in [3.05, 3.63) is 34.4 Å². The van der Waals surface area contributed by atoms with Crippen molar-refractivity contribution in [2.75, 3.05) is 7.11 Å². The fourth-order valence-corrected chi connectivity index (χ4v) is 10.4. The van der Waals surface area contributed by atoms with Gasteiger partial charge in [-0.3, -0.25) is 14.4 Å². The monoisotopic (exact) mass is 612 g/mol. The summed E-state index contributed by atoms with van der Waals surface area (Å²) in [5, 5.41) is 0. The van der Waals surface area contributed by atoms with Gasteiger partial charge in [-0.2, -0.15) is 0 Å². The number of rotatable bonds is 10. The smallest absolute Gasteiger partial charge is 0.335 e. The molecule has 1 unspecified atom stereocenters. The standard InChI is InChI=1S/C35H48O9/c1-21(36)42-31-30(22-11-14-28(38)41-20-22)34(3)18-16-25-26(35(34)32(31)44-35)13-12-23-19-24(15-17-33(23,25)2)43-29(39)10-8-6-5-7-9-27(37)40-4/h11,14,20,23-26,30-32H,5-10,12-13,15-19H2,1-4H3/t23-,24+,25?,26-,30+,31+,32+,33+,34-,35-/m1/s1. The van der Waals surface area contributed by atoms with Crippen molar-refractivity contribution in [1.82, 2.24) is 0 Å². The molecule has 0 N–H and O–H groups in total. The lowest BCUT2D eigenvalue weighted by Crippen LogP contribution is -2.58. The number of unbranched alkanes of at least 4 members (excludes halogenated alkanes) is 3. The van der Waals surface area contributed by atoms with Gasteiger partial charge in [0.15, 0.2) is 0 Å². The summed E-state index contributed by atoms with van der Waals surface area (Å²) in [5.74, 6) is 0.656. The molecule has 5 fully saturated rings. The van der Waals surface area contributed by atoms with E-state index in [2.05, 4.69) is 18.6 Å². The number of esters is 3. The van der Waals surface area contributed by atoms with Crippen LogP contribution in [0.4, 0.5) is 0 Å². The van der Waals surface area contributed by atoms with Crippen molar-refractivity contribution in [3.63, 3.8) is 0 Å². The fraction of sp³-hybridized carbons (Fsp3) is 0.771. The number of fused-ring (bicyclic) bond motifs is 3. The van der Waals surface area contributed by atoms with Gasteiger partial charge in [0, 0.05) is 37.2 Å². The molecule has 0 amide bonds. The van der Waals surface area contributed by atoms with Crippen LogP contribution in [0, 0.1) is 28.6 Å². The van der Waals surface area contributed by atoms with Crippen LogP contribution in [0.15, 0.2) is 27.6 Å². The SMILES string of the molecule is COC(=O)CCCCCCC(=O)O[C@H]1CC[C@]2(C)C3CC[C@]4(C)[C@@H](c5ccc(=O)oc5)[C@H](OC(C)=O)[C@@H]5O[C@]54[C@@H]3CC[C@@H]2C1. The molecule has 1 aromatic rings. The number of hydrogen-bond acceptors (Lipinski definition) is 9. The third-order valence-electron chi connectivity index (χ3n) is 12.5. The summed E-state index contributed by atoms with van der Waals surface area (Å²) < 4.78 is 28.7. The molecule has 5 aliphatic rings. The van der Waals surface area contributed by atoms with Crippen LogP contribution in [0.1, 0.15) is 116 Å². The summed E-state index contributed by atoms with van der Waals surface area (Å²) >= 11 is 0. The van der Waals surface area contributed by atoms with Gasteiger partial charge in [0.2, 0.25) is 0 Å². The maximum absolute atomic E-state index is 12.7. The summed E-state index contributed by atoms with van der Waals surface area (Å²) in [6.45, 7) is 6.21. The first-order chi connectivity index (χ1) is 21.0. The van der Waals surface area contributed by atoms with Gasteiger partial charge in [-0.05, 0) is 92.6 Å². The van der Waals surface area contributed by atoms with Crippen molar-refractivity contribution in [3.8, 4) is 0 Å². The molecule has 6 rings (SSSR count). The molecule has 1 aliphatic heterocycles. The first kappa shape index (κ1) is 31.3. The van der Waals surface area contributed by atoms with Gasteiger partial charge >= 0.3 is 23.5 Å². The van der Waals surface area contributed by atoms with Gasteiger partial charge in [-0.25, -0.2) is 4.79 Å². The van der Waals surface area contributed by atoms with Gasteiger partial charge in [-0.1, -0.05) is 26.7 Å². The molecule has 0 radical (unpaired) electrons. The maximum atomic E-state index is 12.7. The molecule has 1 spiro atoms. The Labute approximate surface area is 259 Å². The van der Waals surface area contributed by atoms with Crippen LogP contribution in [0.5, 0.6) is 0 Å². The molecule has 2 heterocycles. The lowest BCUT2D eigenvalue weighted by atomic mass is 9.44. The average molecular weight is 613 g/mol. The predicted molar refractivity (Wildman–Crippen MR) is 159 cm³/mol.